The summed E-state index contributed by atoms with van der Waals surface area (Å²) >= 11 is 12.6. The highest BCUT2D eigenvalue weighted by atomic mass is 35.5. The number of fused-ring (bicyclic) bond motifs is 1. The third-order valence-corrected chi connectivity index (χ3v) is 8.15. The van der Waals surface area contributed by atoms with Crippen molar-refractivity contribution in [3.05, 3.63) is 45.7 Å². The number of piperidine rings is 1. The molecule has 0 aliphatic carbocycles. The molecule has 2 saturated heterocycles. The number of nitrogens with zero attached hydrogens (tertiary/aromatic N) is 6. The predicted octanol–water partition coefficient (Wildman–Crippen LogP) is 5.24. The van der Waals surface area contributed by atoms with E-state index in [1.54, 1.807) is 12.3 Å². The molecule has 2 aliphatic heterocycles. The number of benzene rings is 1. The van der Waals surface area contributed by atoms with Gasteiger partial charge in [-0.3, -0.25) is 9.69 Å². The smallest absolute Gasteiger partial charge is 0.309 e. The molecule has 8 nitrogen and oxygen atoms in total. The van der Waals surface area contributed by atoms with Crippen LogP contribution in [0.5, 0.6) is 0 Å². The summed E-state index contributed by atoms with van der Waals surface area (Å²) in [5.41, 5.74) is 3.04. The lowest BCUT2D eigenvalue weighted by Gasteiger charge is -2.42. The number of likely N-dealkylation sites (tertiary alicyclic amines) is 1. The first-order chi connectivity index (χ1) is 16.7. The molecule has 5 rings (SSSR count). The van der Waals surface area contributed by atoms with Gasteiger partial charge in [0.1, 0.15) is 11.3 Å². The monoisotopic (exact) mass is 552 g/mol. The van der Waals surface area contributed by atoms with Gasteiger partial charge >= 0.3 is 5.97 Å². The quantitative estimate of drug-likeness (QED) is 0.462. The summed E-state index contributed by atoms with van der Waals surface area (Å²) in [4.78, 5) is 26.3. The van der Waals surface area contributed by atoms with Gasteiger partial charge in [0.05, 0.1) is 23.9 Å². The van der Waals surface area contributed by atoms with Crippen molar-refractivity contribution in [1.82, 2.24) is 24.6 Å². The van der Waals surface area contributed by atoms with Crippen molar-refractivity contribution >= 4 is 58.6 Å². The number of aryl methyl sites for hydroxylation is 1. The van der Waals surface area contributed by atoms with E-state index >= 15 is 0 Å². The molecule has 0 bridgehead atoms. The summed E-state index contributed by atoms with van der Waals surface area (Å²) in [6.45, 7) is 8.25. The number of carbonyl (C=O) groups is 1. The van der Waals surface area contributed by atoms with Crippen molar-refractivity contribution in [1.29, 1.82) is 0 Å². The molecule has 1 N–H and O–H groups in total. The molecule has 2 fully saturated rings. The van der Waals surface area contributed by atoms with Crippen molar-refractivity contribution < 1.29 is 9.90 Å². The Morgan fingerprint density at radius 2 is 2.00 bits per heavy atom. The number of hydrogen-bond donors (Lipinski definition) is 1. The molecule has 2 aliphatic rings. The van der Waals surface area contributed by atoms with Crippen molar-refractivity contribution in [2.24, 2.45) is 5.92 Å². The third kappa shape index (κ3) is 4.88. The van der Waals surface area contributed by atoms with Crippen molar-refractivity contribution in [3.63, 3.8) is 0 Å². The minimum Gasteiger partial charge on any atom is -0.481 e. The summed E-state index contributed by atoms with van der Waals surface area (Å²) < 4.78 is 1.84. The van der Waals surface area contributed by atoms with E-state index in [4.69, 9.17) is 33.3 Å². The van der Waals surface area contributed by atoms with E-state index in [0.29, 0.717) is 34.1 Å². The minimum absolute atomic E-state index is 0. The van der Waals surface area contributed by atoms with Gasteiger partial charge in [-0.05, 0) is 64.3 Å². The van der Waals surface area contributed by atoms with E-state index in [0.717, 1.165) is 49.1 Å². The molecule has 0 amide bonds. The van der Waals surface area contributed by atoms with E-state index in [1.807, 2.05) is 30.7 Å². The molecular formula is C25H31Cl3N6O2. The number of carboxylic acids is 1. The molecule has 11 heteroatoms. The van der Waals surface area contributed by atoms with Crippen LogP contribution in [0.2, 0.25) is 10.0 Å². The standard InChI is InChI=1S/C25H30Cl2N6O2.ClH/c1-14-5-4-9-32(14)21-8-10-31(13-19(21)25(34)35)22-12-28-23-15(2)30-33(24(23)29-22)16(3)18-7-6-17(26)11-20(18)27;/h6-7,11-12,14,16,19,21H,4-5,8-10,13H2,1-3H3,(H,34,35);1H/t14-,16-,19-,21+;/m1./s1. The third-order valence-electron chi connectivity index (χ3n) is 7.59. The second kappa shape index (κ2) is 10.7. The molecule has 0 radical (unpaired) electrons. The number of halogens is 3. The van der Waals surface area contributed by atoms with Gasteiger partial charge in [-0.25, -0.2) is 14.6 Å². The Morgan fingerprint density at radius 3 is 2.67 bits per heavy atom. The molecule has 4 heterocycles. The van der Waals surface area contributed by atoms with Gasteiger partial charge < -0.3 is 10.0 Å². The second-order valence-electron chi connectivity index (χ2n) is 9.75. The largest absolute Gasteiger partial charge is 0.481 e. The van der Waals surface area contributed by atoms with E-state index in [1.165, 1.54) is 0 Å². The zero-order chi connectivity index (χ0) is 24.9. The Kier molecular flexibility index (Phi) is 8.00. The van der Waals surface area contributed by atoms with Crippen molar-refractivity contribution in [2.45, 2.75) is 58.2 Å². The van der Waals surface area contributed by atoms with Gasteiger partial charge in [-0.2, -0.15) is 5.10 Å². The summed E-state index contributed by atoms with van der Waals surface area (Å²) in [7, 11) is 0. The normalized spacial score (nSPS) is 23.6. The van der Waals surface area contributed by atoms with Crippen LogP contribution in [0.4, 0.5) is 5.82 Å². The summed E-state index contributed by atoms with van der Waals surface area (Å²) in [5.74, 6) is -0.549. The lowest BCUT2D eigenvalue weighted by atomic mass is 9.90. The lowest BCUT2D eigenvalue weighted by molar-refractivity contribution is -0.144. The lowest BCUT2D eigenvalue weighted by Crippen LogP contribution is -2.54. The van der Waals surface area contributed by atoms with Crippen LogP contribution in [0.1, 0.15) is 50.4 Å². The van der Waals surface area contributed by atoms with Gasteiger partial charge in [0, 0.05) is 35.2 Å². The number of rotatable bonds is 5. The molecule has 36 heavy (non-hydrogen) atoms. The maximum Gasteiger partial charge on any atom is 0.309 e. The van der Waals surface area contributed by atoms with Gasteiger partial charge in [0.2, 0.25) is 0 Å². The highest BCUT2D eigenvalue weighted by Crippen LogP contribution is 2.33. The molecular weight excluding hydrogens is 523 g/mol. The molecule has 3 aromatic rings. The van der Waals surface area contributed by atoms with Crippen LogP contribution >= 0.6 is 35.6 Å². The van der Waals surface area contributed by atoms with Crippen LogP contribution in [-0.2, 0) is 4.79 Å². The maximum atomic E-state index is 12.3. The summed E-state index contributed by atoms with van der Waals surface area (Å²) in [6.07, 6.45) is 4.79. The zero-order valence-corrected chi connectivity index (χ0v) is 22.9. The summed E-state index contributed by atoms with van der Waals surface area (Å²) in [5, 5.41) is 15.9. The van der Waals surface area contributed by atoms with Crippen molar-refractivity contribution in [2.75, 3.05) is 24.5 Å². The van der Waals surface area contributed by atoms with Crippen LogP contribution in [0, 0.1) is 12.8 Å². The van der Waals surface area contributed by atoms with E-state index < -0.39 is 11.9 Å². The summed E-state index contributed by atoms with van der Waals surface area (Å²) in [6, 6.07) is 5.74. The molecule has 0 saturated carbocycles. The second-order valence-corrected chi connectivity index (χ2v) is 10.6. The number of carboxylic acid groups (broad SMARTS) is 1. The maximum absolute atomic E-state index is 12.3. The molecule has 4 atom stereocenters. The first-order valence-electron chi connectivity index (χ1n) is 12.1. The number of hydrogen-bond acceptors (Lipinski definition) is 6. The van der Waals surface area contributed by atoms with Gasteiger partial charge in [0.15, 0.2) is 5.65 Å². The number of aromatic nitrogens is 4. The van der Waals surface area contributed by atoms with E-state index in [2.05, 4.69) is 21.7 Å². The fourth-order valence-corrected chi connectivity index (χ4v) is 6.24. The molecule has 2 aromatic heterocycles. The SMILES string of the molecule is Cc1nn([C@H](C)c2ccc(Cl)cc2Cl)c2nc(N3CC[C@H](N4CCC[C@H]4C)[C@H](C(=O)O)C3)cnc12.Cl. The topological polar surface area (TPSA) is 87.4 Å². The van der Waals surface area contributed by atoms with Crippen LogP contribution in [-0.4, -0.2) is 67.4 Å². The van der Waals surface area contributed by atoms with Crippen LogP contribution in [0.3, 0.4) is 0 Å². The number of aliphatic carboxylic acids is 1. The molecule has 0 unspecified atom stereocenters. The van der Waals surface area contributed by atoms with Gasteiger partial charge in [-0.15, -0.1) is 12.4 Å². The Balaban J connectivity index is 0.00000304. The highest BCUT2D eigenvalue weighted by molar-refractivity contribution is 6.35. The first kappa shape index (κ1) is 26.9. The Bertz CT molecular complexity index is 1270. The fraction of sp³-hybridized carbons (Fsp3) is 0.520. The highest BCUT2D eigenvalue weighted by Gasteiger charge is 2.41. The average Bonchev–Trinajstić information content (AvgIpc) is 3.40. The Morgan fingerprint density at radius 1 is 1.22 bits per heavy atom. The Labute approximate surface area is 227 Å². The zero-order valence-electron chi connectivity index (χ0n) is 20.6. The van der Waals surface area contributed by atoms with Crippen molar-refractivity contribution in [3.8, 4) is 0 Å². The van der Waals surface area contributed by atoms with Gasteiger partial charge in [-0.1, -0.05) is 29.3 Å². The average molecular weight is 554 g/mol. The number of anilines is 1. The van der Waals surface area contributed by atoms with Crippen LogP contribution in [0.25, 0.3) is 11.2 Å². The first-order valence-corrected chi connectivity index (χ1v) is 12.9. The van der Waals surface area contributed by atoms with E-state index in [-0.39, 0.29) is 24.5 Å². The van der Waals surface area contributed by atoms with E-state index in [9.17, 15) is 9.90 Å². The Hall–Kier alpha value is -2.13. The molecule has 0 spiro atoms. The molecule has 1 aromatic carbocycles. The van der Waals surface area contributed by atoms with Crippen LogP contribution < -0.4 is 4.90 Å². The molecule has 194 valence electrons. The fourth-order valence-electron chi connectivity index (χ4n) is 5.67. The van der Waals surface area contributed by atoms with Crippen LogP contribution in [0.15, 0.2) is 24.4 Å². The van der Waals surface area contributed by atoms with Gasteiger partial charge in [0.25, 0.3) is 0 Å². The minimum atomic E-state index is -0.750. The predicted molar refractivity (Wildman–Crippen MR) is 145 cm³/mol.